The number of fused-ring (bicyclic) bond motifs is 2. The molecule has 0 radical (unpaired) electrons. The summed E-state index contributed by atoms with van der Waals surface area (Å²) in [7, 11) is 0. The number of amides is 2. The lowest BCUT2D eigenvalue weighted by Crippen LogP contribution is -2.42. The highest BCUT2D eigenvalue weighted by molar-refractivity contribution is 6.26. The van der Waals surface area contributed by atoms with Crippen molar-refractivity contribution in [3.63, 3.8) is 0 Å². The molecule has 1 unspecified atom stereocenters. The summed E-state index contributed by atoms with van der Waals surface area (Å²) in [5, 5.41) is 21.5. The topological polar surface area (TPSA) is 122 Å². The van der Waals surface area contributed by atoms with Crippen molar-refractivity contribution in [2.75, 3.05) is 6.79 Å². The summed E-state index contributed by atoms with van der Waals surface area (Å²) in [6, 6.07) is 8.45. The Labute approximate surface area is 176 Å². The fourth-order valence-corrected chi connectivity index (χ4v) is 3.91. The van der Waals surface area contributed by atoms with Crippen LogP contribution in [-0.2, 0) is 15.9 Å². The van der Waals surface area contributed by atoms with E-state index in [1.54, 1.807) is 6.92 Å². The molecule has 9 heteroatoms. The SMILES string of the molecule is Cc1cnc2c(O)c3c(c(O)c2n1)C(=O)N(C(Cc1ccccc1)C1=COCO1)C3=O. The third kappa shape index (κ3) is 2.85. The van der Waals surface area contributed by atoms with Gasteiger partial charge in [0.1, 0.15) is 34.5 Å². The van der Waals surface area contributed by atoms with Crippen LogP contribution in [0.4, 0.5) is 0 Å². The first-order valence-corrected chi connectivity index (χ1v) is 9.55. The maximum absolute atomic E-state index is 13.4. The van der Waals surface area contributed by atoms with Crippen molar-refractivity contribution in [3.05, 3.63) is 70.9 Å². The normalized spacial score (nSPS) is 16.2. The first-order chi connectivity index (χ1) is 15.0. The maximum Gasteiger partial charge on any atom is 0.266 e. The second-order valence-electron chi connectivity index (χ2n) is 7.29. The minimum absolute atomic E-state index is 0.0305. The summed E-state index contributed by atoms with van der Waals surface area (Å²) in [5.41, 5.74) is 0.651. The van der Waals surface area contributed by atoms with Crippen molar-refractivity contribution in [2.24, 2.45) is 0 Å². The van der Waals surface area contributed by atoms with Crippen molar-refractivity contribution in [2.45, 2.75) is 19.4 Å². The van der Waals surface area contributed by atoms with Crippen LogP contribution in [0, 0.1) is 6.92 Å². The number of carbonyl (C=O) groups excluding carboxylic acids is 2. The van der Waals surface area contributed by atoms with E-state index in [0.29, 0.717) is 11.5 Å². The molecule has 2 amide bonds. The van der Waals surface area contributed by atoms with Crippen LogP contribution in [0.3, 0.4) is 0 Å². The quantitative estimate of drug-likeness (QED) is 0.488. The number of phenols is 2. The summed E-state index contributed by atoms with van der Waals surface area (Å²) in [6.45, 7) is 1.63. The lowest BCUT2D eigenvalue weighted by molar-refractivity contribution is 0.0450. The molecule has 0 bridgehead atoms. The van der Waals surface area contributed by atoms with Crippen LogP contribution in [0.5, 0.6) is 11.5 Å². The number of rotatable bonds is 4. The Morgan fingerprint density at radius 2 is 1.74 bits per heavy atom. The highest BCUT2D eigenvalue weighted by atomic mass is 16.7. The molecule has 0 spiro atoms. The van der Waals surface area contributed by atoms with Crippen LogP contribution >= 0.6 is 0 Å². The molecule has 156 valence electrons. The number of carbonyl (C=O) groups is 2. The Morgan fingerprint density at radius 3 is 2.39 bits per heavy atom. The molecule has 0 saturated heterocycles. The van der Waals surface area contributed by atoms with Crippen molar-refractivity contribution in [1.82, 2.24) is 14.9 Å². The molecule has 3 heterocycles. The van der Waals surface area contributed by atoms with E-state index >= 15 is 0 Å². The van der Waals surface area contributed by atoms with Gasteiger partial charge < -0.3 is 19.7 Å². The van der Waals surface area contributed by atoms with Gasteiger partial charge in [0, 0.05) is 12.6 Å². The molecular formula is C22H17N3O6. The molecule has 0 saturated carbocycles. The number of nitrogens with zero attached hydrogens (tertiary/aromatic N) is 3. The van der Waals surface area contributed by atoms with E-state index in [1.807, 2.05) is 30.3 Å². The molecular weight excluding hydrogens is 402 g/mol. The molecule has 3 aromatic rings. The first-order valence-electron chi connectivity index (χ1n) is 9.55. The van der Waals surface area contributed by atoms with Crippen LogP contribution in [0.25, 0.3) is 11.0 Å². The van der Waals surface area contributed by atoms with Crippen LogP contribution in [0.15, 0.2) is 48.5 Å². The lowest BCUT2D eigenvalue weighted by Gasteiger charge is -2.26. The number of aryl methyl sites for hydroxylation is 1. The molecule has 9 nitrogen and oxygen atoms in total. The summed E-state index contributed by atoms with van der Waals surface area (Å²) in [6.07, 6.45) is 3.03. The van der Waals surface area contributed by atoms with Gasteiger partial charge in [-0.2, -0.15) is 0 Å². The average Bonchev–Trinajstić information content (AvgIpc) is 3.38. The monoisotopic (exact) mass is 419 g/mol. The van der Waals surface area contributed by atoms with E-state index in [1.165, 1.54) is 12.5 Å². The van der Waals surface area contributed by atoms with Gasteiger partial charge in [0.05, 0.1) is 5.69 Å². The van der Waals surface area contributed by atoms with E-state index in [2.05, 4.69) is 9.97 Å². The van der Waals surface area contributed by atoms with Crippen LogP contribution in [0.2, 0.25) is 0 Å². The van der Waals surface area contributed by atoms with Gasteiger partial charge in [-0.25, -0.2) is 9.97 Å². The van der Waals surface area contributed by atoms with Crippen molar-refractivity contribution >= 4 is 22.8 Å². The number of ether oxygens (including phenoxy) is 2. The smallest absolute Gasteiger partial charge is 0.266 e. The molecule has 2 aliphatic rings. The Hall–Kier alpha value is -4.14. The van der Waals surface area contributed by atoms with E-state index in [-0.39, 0.29) is 35.4 Å². The highest BCUT2D eigenvalue weighted by Gasteiger charge is 2.47. The zero-order valence-corrected chi connectivity index (χ0v) is 16.4. The lowest BCUT2D eigenvalue weighted by atomic mass is 10.0. The number of hydrogen-bond acceptors (Lipinski definition) is 8. The fourth-order valence-electron chi connectivity index (χ4n) is 3.91. The predicted octanol–water partition coefficient (Wildman–Crippen LogP) is 2.40. The van der Waals surface area contributed by atoms with Gasteiger partial charge in [0.2, 0.25) is 6.79 Å². The molecule has 2 aliphatic heterocycles. The minimum atomic E-state index is -0.832. The van der Waals surface area contributed by atoms with E-state index in [4.69, 9.17) is 9.47 Å². The van der Waals surface area contributed by atoms with E-state index < -0.39 is 29.4 Å². The van der Waals surface area contributed by atoms with Crippen molar-refractivity contribution < 1.29 is 29.3 Å². The zero-order valence-electron chi connectivity index (χ0n) is 16.4. The Morgan fingerprint density at radius 1 is 1.06 bits per heavy atom. The molecule has 5 rings (SSSR count). The first kappa shape index (κ1) is 18.9. The number of benzene rings is 2. The second kappa shape index (κ2) is 6.98. The van der Waals surface area contributed by atoms with Crippen molar-refractivity contribution in [3.8, 4) is 11.5 Å². The van der Waals surface area contributed by atoms with Gasteiger partial charge >= 0.3 is 0 Å². The summed E-state index contributed by atoms with van der Waals surface area (Å²) in [4.78, 5) is 35.9. The number of aromatic hydroxyl groups is 2. The van der Waals surface area contributed by atoms with Gasteiger partial charge in [0.25, 0.3) is 11.8 Å². The van der Waals surface area contributed by atoms with Crippen LogP contribution in [-0.4, -0.2) is 49.7 Å². The van der Waals surface area contributed by atoms with Crippen LogP contribution < -0.4 is 0 Å². The molecule has 0 aliphatic carbocycles. The predicted molar refractivity (Wildman–Crippen MR) is 107 cm³/mol. The van der Waals surface area contributed by atoms with E-state index in [0.717, 1.165) is 10.5 Å². The summed E-state index contributed by atoms with van der Waals surface area (Å²) in [5.74, 6) is -2.19. The van der Waals surface area contributed by atoms with E-state index in [9.17, 15) is 19.8 Å². The molecule has 0 fully saturated rings. The van der Waals surface area contributed by atoms with Gasteiger partial charge in [-0.05, 0) is 12.5 Å². The molecule has 1 aromatic heterocycles. The molecule has 2 N–H and O–H groups in total. The Balaban J connectivity index is 1.66. The van der Waals surface area contributed by atoms with Crippen LogP contribution in [0.1, 0.15) is 32.0 Å². The number of phenolic OH excluding ortho intramolecular Hbond substituents is 2. The van der Waals surface area contributed by atoms with Crippen molar-refractivity contribution in [1.29, 1.82) is 0 Å². The fraction of sp³-hybridized carbons (Fsp3) is 0.182. The molecule has 1 atom stereocenters. The molecule has 31 heavy (non-hydrogen) atoms. The standard InChI is InChI=1S/C22H17N3O6/c1-11-8-23-17-18(24-11)20(27)16-15(19(17)26)21(28)25(22(16)29)13(14-9-30-10-31-14)7-12-5-3-2-4-6-12/h2-6,8-9,13,26-27H,7,10H2,1H3. The van der Waals surface area contributed by atoms with Gasteiger partial charge in [0.15, 0.2) is 17.3 Å². The number of hydrogen-bond donors (Lipinski definition) is 2. The maximum atomic E-state index is 13.4. The molecule has 2 aromatic carbocycles. The summed E-state index contributed by atoms with van der Waals surface area (Å²) >= 11 is 0. The number of imide groups is 1. The largest absolute Gasteiger partial charge is 0.505 e. The summed E-state index contributed by atoms with van der Waals surface area (Å²) < 4.78 is 10.6. The van der Waals surface area contributed by atoms with Gasteiger partial charge in [-0.1, -0.05) is 30.3 Å². The number of aromatic nitrogens is 2. The third-order valence-electron chi connectivity index (χ3n) is 5.34. The third-order valence-corrected chi connectivity index (χ3v) is 5.34. The Kier molecular flexibility index (Phi) is 4.25. The highest BCUT2D eigenvalue weighted by Crippen LogP contribution is 2.43. The zero-order chi connectivity index (χ0) is 21.7. The minimum Gasteiger partial charge on any atom is -0.505 e. The van der Waals surface area contributed by atoms with Gasteiger partial charge in [-0.15, -0.1) is 0 Å². The average molecular weight is 419 g/mol. The Bertz CT molecular complexity index is 1270. The second-order valence-corrected chi connectivity index (χ2v) is 7.29. The van der Waals surface area contributed by atoms with Gasteiger partial charge in [-0.3, -0.25) is 14.5 Å².